The topological polar surface area (TPSA) is 35.6 Å². The smallest absolute Gasteiger partial charge is 0.167 e. The quantitative estimate of drug-likeness (QED) is 0.691. The number of hydrogen-bond donors (Lipinski definition) is 0. The van der Waals surface area contributed by atoms with Crippen molar-refractivity contribution < 1.29 is 0 Å². The van der Waals surface area contributed by atoms with Gasteiger partial charge in [0, 0.05) is 30.9 Å². The number of benzene rings is 1. The molecular formula is C16H18N4S. The molecule has 3 rings (SSSR count). The van der Waals surface area contributed by atoms with Gasteiger partial charge in [0.15, 0.2) is 5.16 Å². The second-order valence-corrected chi connectivity index (χ2v) is 6.06. The maximum absolute atomic E-state index is 4.51. The van der Waals surface area contributed by atoms with E-state index in [1.165, 1.54) is 5.56 Å². The van der Waals surface area contributed by atoms with Crippen LogP contribution in [0.3, 0.4) is 0 Å². The molecule has 4 nitrogen and oxygen atoms in total. The van der Waals surface area contributed by atoms with Crippen LogP contribution in [0.5, 0.6) is 0 Å². The molecule has 0 radical (unpaired) electrons. The van der Waals surface area contributed by atoms with Crippen molar-refractivity contribution in [3.63, 3.8) is 0 Å². The molecule has 3 aromatic rings. The third kappa shape index (κ3) is 3.03. The van der Waals surface area contributed by atoms with E-state index in [2.05, 4.69) is 47.3 Å². The Hall–Kier alpha value is -2.01. The van der Waals surface area contributed by atoms with Crippen molar-refractivity contribution in [2.24, 2.45) is 7.05 Å². The number of thioether (sulfide) groups is 1. The summed E-state index contributed by atoms with van der Waals surface area (Å²) in [6.07, 6.45) is 3.79. The Morgan fingerprint density at radius 1 is 1.14 bits per heavy atom. The summed E-state index contributed by atoms with van der Waals surface area (Å²) in [6.45, 7) is 4.09. The van der Waals surface area contributed by atoms with Crippen molar-refractivity contribution in [3.05, 3.63) is 59.7 Å². The van der Waals surface area contributed by atoms with E-state index in [0.29, 0.717) is 0 Å². The highest BCUT2D eigenvalue weighted by molar-refractivity contribution is 7.98. The van der Waals surface area contributed by atoms with Crippen molar-refractivity contribution >= 4 is 11.8 Å². The van der Waals surface area contributed by atoms with E-state index in [0.717, 1.165) is 28.0 Å². The molecule has 2 aromatic heterocycles. The van der Waals surface area contributed by atoms with Gasteiger partial charge in [-0.25, -0.2) is 9.67 Å². The van der Waals surface area contributed by atoms with E-state index in [9.17, 15) is 0 Å². The van der Waals surface area contributed by atoms with Crippen molar-refractivity contribution in [2.45, 2.75) is 24.8 Å². The van der Waals surface area contributed by atoms with Crippen molar-refractivity contribution in [2.75, 3.05) is 0 Å². The first-order chi connectivity index (χ1) is 10.1. The summed E-state index contributed by atoms with van der Waals surface area (Å²) in [5.41, 5.74) is 4.59. The van der Waals surface area contributed by atoms with Gasteiger partial charge in [-0.05, 0) is 37.6 Å². The van der Waals surface area contributed by atoms with Crippen LogP contribution in [0.4, 0.5) is 0 Å². The monoisotopic (exact) mass is 298 g/mol. The molecule has 21 heavy (non-hydrogen) atoms. The number of aryl methyl sites for hydroxylation is 3. The first-order valence-corrected chi connectivity index (χ1v) is 7.85. The highest BCUT2D eigenvalue weighted by Gasteiger charge is 2.05. The number of rotatable bonds is 4. The fourth-order valence-corrected chi connectivity index (χ4v) is 3.15. The Morgan fingerprint density at radius 3 is 2.48 bits per heavy atom. The van der Waals surface area contributed by atoms with Crippen LogP contribution >= 0.6 is 11.8 Å². The molecule has 2 heterocycles. The highest BCUT2D eigenvalue weighted by Crippen LogP contribution is 2.21. The van der Waals surface area contributed by atoms with Crippen LogP contribution < -0.4 is 0 Å². The summed E-state index contributed by atoms with van der Waals surface area (Å²) in [5.74, 6) is 0.919. The van der Waals surface area contributed by atoms with Gasteiger partial charge in [-0.1, -0.05) is 23.9 Å². The molecule has 0 saturated carbocycles. The van der Waals surface area contributed by atoms with Crippen LogP contribution in [-0.2, 0) is 12.8 Å². The summed E-state index contributed by atoms with van der Waals surface area (Å²) in [6, 6.07) is 10.6. The Morgan fingerprint density at radius 2 is 1.90 bits per heavy atom. The van der Waals surface area contributed by atoms with Crippen LogP contribution in [0.15, 0.2) is 47.9 Å². The third-order valence-electron chi connectivity index (χ3n) is 3.34. The standard InChI is InChI=1S/C16H18N4S/c1-12-10-13(2)20(18-12)15-6-4-14(5-7-15)11-21-16-17-8-9-19(16)3/h4-10H,11H2,1-3H3. The summed E-state index contributed by atoms with van der Waals surface area (Å²) in [5, 5.41) is 5.55. The second kappa shape index (κ2) is 5.77. The van der Waals surface area contributed by atoms with Crippen molar-refractivity contribution in [1.82, 2.24) is 19.3 Å². The minimum absolute atomic E-state index is 0.919. The average Bonchev–Trinajstić information content (AvgIpc) is 3.03. The molecule has 0 saturated heterocycles. The van der Waals surface area contributed by atoms with Crippen LogP contribution in [-0.4, -0.2) is 19.3 Å². The summed E-state index contributed by atoms with van der Waals surface area (Å²) < 4.78 is 4.01. The van der Waals surface area contributed by atoms with Crippen LogP contribution in [0.1, 0.15) is 17.0 Å². The van der Waals surface area contributed by atoms with E-state index in [1.54, 1.807) is 11.8 Å². The van der Waals surface area contributed by atoms with Gasteiger partial charge >= 0.3 is 0 Å². The van der Waals surface area contributed by atoms with Crippen LogP contribution in [0.2, 0.25) is 0 Å². The first-order valence-electron chi connectivity index (χ1n) is 6.86. The van der Waals surface area contributed by atoms with Gasteiger partial charge in [0.25, 0.3) is 0 Å². The van der Waals surface area contributed by atoms with Gasteiger partial charge in [0.1, 0.15) is 0 Å². The molecule has 0 spiro atoms. The van der Waals surface area contributed by atoms with Gasteiger partial charge in [-0.2, -0.15) is 5.10 Å². The zero-order chi connectivity index (χ0) is 14.8. The molecule has 0 bridgehead atoms. The molecule has 0 atom stereocenters. The molecule has 0 N–H and O–H groups in total. The summed E-state index contributed by atoms with van der Waals surface area (Å²) >= 11 is 1.75. The van der Waals surface area contributed by atoms with Gasteiger partial charge in [-0.15, -0.1) is 0 Å². The molecule has 0 fully saturated rings. The number of hydrogen-bond acceptors (Lipinski definition) is 3. The molecular weight excluding hydrogens is 280 g/mol. The molecule has 108 valence electrons. The van der Waals surface area contributed by atoms with Gasteiger partial charge in [-0.3, -0.25) is 0 Å². The minimum Gasteiger partial charge on any atom is -0.329 e. The predicted molar refractivity (Wildman–Crippen MR) is 85.8 cm³/mol. The number of aromatic nitrogens is 4. The lowest BCUT2D eigenvalue weighted by molar-refractivity contribution is 0.790. The molecule has 0 aliphatic carbocycles. The Labute approximate surface area is 128 Å². The molecule has 0 amide bonds. The Balaban J connectivity index is 1.72. The lowest BCUT2D eigenvalue weighted by atomic mass is 10.2. The third-order valence-corrected chi connectivity index (χ3v) is 4.46. The molecule has 5 heteroatoms. The lowest BCUT2D eigenvalue weighted by Crippen LogP contribution is -1.99. The SMILES string of the molecule is Cc1cc(C)n(-c2ccc(CSc3nccn3C)cc2)n1. The molecule has 0 aliphatic rings. The van der Waals surface area contributed by atoms with Crippen LogP contribution in [0, 0.1) is 13.8 Å². The second-order valence-electron chi connectivity index (χ2n) is 5.11. The number of nitrogens with zero attached hydrogens (tertiary/aromatic N) is 4. The molecule has 0 aliphatic heterocycles. The fraction of sp³-hybridized carbons (Fsp3) is 0.250. The molecule has 1 aromatic carbocycles. The van der Waals surface area contributed by atoms with E-state index < -0.39 is 0 Å². The maximum Gasteiger partial charge on any atom is 0.167 e. The zero-order valence-corrected chi connectivity index (χ0v) is 13.3. The van der Waals surface area contributed by atoms with E-state index in [4.69, 9.17) is 0 Å². The number of imidazole rings is 1. The summed E-state index contributed by atoms with van der Waals surface area (Å²) in [4.78, 5) is 4.32. The Kier molecular flexibility index (Phi) is 3.84. The first kappa shape index (κ1) is 13.9. The lowest BCUT2D eigenvalue weighted by Gasteiger charge is -2.06. The van der Waals surface area contributed by atoms with E-state index in [1.807, 2.05) is 35.6 Å². The van der Waals surface area contributed by atoms with Gasteiger partial charge in [0.2, 0.25) is 0 Å². The fourth-order valence-electron chi connectivity index (χ4n) is 2.26. The van der Waals surface area contributed by atoms with Crippen LogP contribution in [0.25, 0.3) is 5.69 Å². The average molecular weight is 298 g/mol. The van der Waals surface area contributed by atoms with Crippen molar-refractivity contribution in [1.29, 1.82) is 0 Å². The predicted octanol–water partition coefficient (Wildman–Crippen LogP) is 3.51. The van der Waals surface area contributed by atoms with Gasteiger partial charge in [0.05, 0.1) is 11.4 Å². The van der Waals surface area contributed by atoms with E-state index in [-0.39, 0.29) is 0 Å². The minimum atomic E-state index is 0.919. The zero-order valence-electron chi connectivity index (χ0n) is 12.4. The molecule has 0 unspecified atom stereocenters. The normalized spacial score (nSPS) is 11.0. The highest BCUT2D eigenvalue weighted by atomic mass is 32.2. The van der Waals surface area contributed by atoms with Gasteiger partial charge < -0.3 is 4.57 Å². The van der Waals surface area contributed by atoms with E-state index >= 15 is 0 Å². The van der Waals surface area contributed by atoms with Crippen molar-refractivity contribution in [3.8, 4) is 5.69 Å². The summed E-state index contributed by atoms with van der Waals surface area (Å²) in [7, 11) is 2.02. The largest absolute Gasteiger partial charge is 0.329 e. The Bertz CT molecular complexity index is 740. The maximum atomic E-state index is 4.51.